The van der Waals surface area contributed by atoms with Crippen LogP contribution in [0, 0.1) is 0 Å². The molecule has 0 aliphatic rings. The molecular weight excluding hydrogens is 767 g/mol. The maximum absolute atomic E-state index is 5.52. The van der Waals surface area contributed by atoms with Crippen LogP contribution in [0.4, 0.5) is 0 Å². The lowest BCUT2D eigenvalue weighted by Gasteiger charge is -2.15. The fourth-order valence-corrected chi connectivity index (χ4v) is 10.4. The topological polar surface area (TPSA) is 40.6 Å². The van der Waals surface area contributed by atoms with Crippen LogP contribution in [-0.4, -0.2) is 23.7 Å². The minimum absolute atomic E-state index is 0.798. The highest BCUT2D eigenvalue weighted by Gasteiger charge is 2.22. The Kier molecular flexibility index (Phi) is 7.05. The first-order valence-corrected chi connectivity index (χ1v) is 21.5. The Morgan fingerprint density at radius 3 is 1.68 bits per heavy atom. The van der Waals surface area contributed by atoms with Gasteiger partial charge in [0.05, 0.1) is 44.1 Å². The fourth-order valence-electron chi connectivity index (χ4n) is 10.4. The molecule has 0 atom stereocenters. The van der Waals surface area contributed by atoms with E-state index < -0.39 is 0 Å². The highest BCUT2D eigenvalue weighted by atomic mass is 15.1. The van der Waals surface area contributed by atoms with E-state index >= 15 is 0 Å². The van der Waals surface area contributed by atoms with E-state index in [0.29, 0.717) is 0 Å². The molecule has 14 aromatic rings. The van der Waals surface area contributed by atoms with Crippen molar-refractivity contribution in [3.8, 4) is 28.5 Å². The Labute approximate surface area is 360 Å². The summed E-state index contributed by atoms with van der Waals surface area (Å²) < 4.78 is 7.13. The van der Waals surface area contributed by atoms with Crippen molar-refractivity contribution in [3.63, 3.8) is 0 Å². The molecule has 0 aliphatic carbocycles. The van der Waals surface area contributed by atoms with Crippen LogP contribution < -0.4 is 0 Å². The van der Waals surface area contributed by atoms with E-state index in [1.807, 2.05) is 12.1 Å². The zero-order valence-electron chi connectivity index (χ0n) is 33.9. The summed E-state index contributed by atoms with van der Waals surface area (Å²) >= 11 is 0. The lowest BCUT2D eigenvalue weighted by molar-refractivity contribution is 1.08. The molecule has 0 radical (unpaired) electrons. The van der Waals surface area contributed by atoms with Crippen molar-refractivity contribution in [2.75, 3.05) is 0 Å². The van der Waals surface area contributed by atoms with E-state index in [1.165, 1.54) is 65.0 Å². The molecular formula is C58H35N5. The van der Waals surface area contributed by atoms with Crippen LogP contribution in [0.2, 0.25) is 0 Å². The molecule has 0 saturated heterocycles. The van der Waals surface area contributed by atoms with Crippen molar-refractivity contribution in [3.05, 3.63) is 212 Å². The third-order valence-corrected chi connectivity index (χ3v) is 13.2. The highest BCUT2D eigenvalue weighted by molar-refractivity contribution is 6.21. The summed E-state index contributed by atoms with van der Waals surface area (Å²) in [6, 6.07) is 76.6. The first-order chi connectivity index (χ1) is 31.2. The molecule has 0 bridgehead atoms. The number of hydrogen-bond acceptors (Lipinski definition) is 2. The van der Waals surface area contributed by atoms with Gasteiger partial charge in [0, 0.05) is 49.3 Å². The third-order valence-electron chi connectivity index (χ3n) is 13.2. The van der Waals surface area contributed by atoms with Crippen molar-refractivity contribution in [2.45, 2.75) is 0 Å². The second-order valence-corrected chi connectivity index (χ2v) is 16.6. The van der Waals surface area contributed by atoms with Gasteiger partial charge in [-0.15, -0.1) is 0 Å². The zero-order valence-corrected chi connectivity index (χ0v) is 33.9. The number of fused-ring (bicyclic) bond motifs is 13. The SMILES string of the molecule is c1ccc(-n2c3ccccc3c3ccc(-c4nc5ccccc5nc4-n4c5ccccc5c5cc6ccc(-n7c8ccccc8c8c9ccccc9ccc87)cc6cc54)cc32)cc1. The van der Waals surface area contributed by atoms with E-state index in [-0.39, 0.29) is 0 Å². The average molecular weight is 802 g/mol. The summed E-state index contributed by atoms with van der Waals surface area (Å²) in [5.41, 5.74) is 12.6. The average Bonchev–Trinajstić information content (AvgIpc) is 3.98. The predicted molar refractivity (Wildman–Crippen MR) is 263 cm³/mol. The largest absolute Gasteiger partial charge is 0.309 e. The summed E-state index contributed by atoms with van der Waals surface area (Å²) in [4.78, 5) is 11.0. The van der Waals surface area contributed by atoms with E-state index in [9.17, 15) is 0 Å². The Hall–Kier alpha value is -8.54. The smallest absolute Gasteiger partial charge is 0.165 e. The normalized spacial score (nSPS) is 12.1. The van der Waals surface area contributed by atoms with Gasteiger partial charge in [-0.05, 0) is 100 Å². The summed E-state index contributed by atoms with van der Waals surface area (Å²) in [6.07, 6.45) is 0. The summed E-state index contributed by atoms with van der Waals surface area (Å²) in [6.45, 7) is 0. The maximum Gasteiger partial charge on any atom is 0.165 e. The molecule has 5 nitrogen and oxygen atoms in total. The molecule has 63 heavy (non-hydrogen) atoms. The van der Waals surface area contributed by atoms with E-state index in [1.54, 1.807) is 0 Å². The molecule has 4 aromatic heterocycles. The molecule has 0 spiro atoms. The first kappa shape index (κ1) is 34.2. The standard InChI is InChI=1S/C58H35N5/c1-2-15-40(16-3-1)61-50-23-11-6-18-43(50)45-30-27-38(34-54(45)61)57-58(60-49-22-10-9-21-48(49)59-57)63-51-24-12-7-19-44(51)47-33-37-26-29-41(32-39(37)35-55(47)63)62-52-25-13-8-20-46(52)56-42-17-5-4-14-36(42)28-31-53(56)62/h1-35H. The van der Waals surface area contributed by atoms with Crippen molar-refractivity contribution >= 4 is 98.0 Å². The molecule has 0 fully saturated rings. The van der Waals surface area contributed by atoms with Crippen LogP contribution in [0.3, 0.4) is 0 Å². The molecule has 4 heterocycles. The monoisotopic (exact) mass is 801 g/mol. The molecule has 14 rings (SSSR count). The van der Waals surface area contributed by atoms with Gasteiger partial charge >= 0.3 is 0 Å². The number of benzene rings is 10. The van der Waals surface area contributed by atoms with E-state index in [0.717, 1.165) is 61.4 Å². The number of hydrogen-bond donors (Lipinski definition) is 0. The summed E-state index contributed by atoms with van der Waals surface area (Å²) in [5.74, 6) is 0.798. The molecule has 5 heteroatoms. The van der Waals surface area contributed by atoms with Gasteiger partial charge in [0.1, 0.15) is 5.69 Å². The zero-order chi connectivity index (χ0) is 41.2. The van der Waals surface area contributed by atoms with Gasteiger partial charge < -0.3 is 9.13 Å². The molecule has 0 aliphatic heterocycles. The van der Waals surface area contributed by atoms with Crippen LogP contribution in [-0.2, 0) is 0 Å². The van der Waals surface area contributed by atoms with E-state index in [4.69, 9.17) is 9.97 Å². The fraction of sp³-hybridized carbons (Fsp3) is 0. The quantitative estimate of drug-likeness (QED) is 0.178. The lowest BCUT2D eigenvalue weighted by atomic mass is 10.0. The number of rotatable bonds is 4. The molecule has 0 amide bonds. The lowest BCUT2D eigenvalue weighted by Crippen LogP contribution is -2.04. The minimum atomic E-state index is 0.798. The van der Waals surface area contributed by atoms with Crippen LogP contribution in [0.15, 0.2) is 212 Å². The van der Waals surface area contributed by atoms with Crippen molar-refractivity contribution in [1.29, 1.82) is 0 Å². The van der Waals surface area contributed by atoms with Crippen molar-refractivity contribution < 1.29 is 0 Å². The Morgan fingerprint density at radius 1 is 0.286 bits per heavy atom. The first-order valence-electron chi connectivity index (χ1n) is 21.5. The van der Waals surface area contributed by atoms with Crippen LogP contribution in [0.1, 0.15) is 0 Å². The Morgan fingerprint density at radius 2 is 0.873 bits per heavy atom. The van der Waals surface area contributed by atoms with Gasteiger partial charge in [-0.1, -0.05) is 133 Å². The Bertz CT molecular complexity index is 4210. The molecule has 0 saturated carbocycles. The maximum atomic E-state index is 5.52. The van der Waals surface area contributed by atoms with Crippen LogP contribution in [0.25, 0.3) is 126 Å². The number of aromatic nitrogens is 5. The minimum Gasteiger partial charge on any atom is -0.309 e. The number of para-hydroxylation sites is 6. The highest BCUT2D eigenvalue weighted by Crippen LogP contribution is 2.42. The molecule has 10 aromatic carbocycles. The van der Waals surface area contributed by atoms with Gasteiger partial charge in [0.25, 0.3) is 0 Å². The Balaban J connectivity index is 1.04. The van der Waals surface area contributed by atoms with Crippen LogP contribution >= 0.6 is 0 Å². The summed E-state index contributed by atoms with van der Waals surface area (Å²) in [5, 5.41) is 12.2. The van der Waals surface area contributed by atoms with Gasteiger partial charge in [-0.3, -0.25) is 4.57 Å². The summed E-state index contributed by atoms with van der Waals surface area (Å²) in [7, 11) is 0. The van der Waals surface area contributed by atoms with Gasteiger partial charge in [-0.25, -0.2) is 9.97 Å². The second-order valence-electron chi connectivity index (χ2n) is 16.6. The van der Waals surface area contributed by atoms with Crippen molar-refractivity contribution in [2.24, 2.45) is 0 Å². The molecule has 0 unspecified atom stereocenters. The third kappa shape index (κ3) is 4.93. The van der Waals surface area contributed by atoms with Crippen molar-refractivity contribution in [1.82, 2.24) is 23.7 Å². The van der Waals surface area contributed by atoms with Gasteiger partial charge in [0.15, 0.2) is 5.82 Å². The second kappa shape index (κ2) is 13.0. The number of nitrogens with zero attached hydrogens (tertiary/aromatic N) is 5. The van der Waals surface area contributed by atoms with Gasteiger partial charge in [-0.2, -0.15) is 0 Å². The van der Waals surface area contributed by atoms with E-state index in [2.05, 4.69) is 214 Å². The van der Waals surface area contributed by atoms with Crippen LogP contribution in [0.5, 0.6) is 0 Å². The predicted octanol–water partition coefficient (Wildman–Crippen LogP) is 14.9. The molecule has 0 N–H and O–H groups in total. The van der Waals surface area contributed by atoms with Gasteiger partial charge in [0.2, 0.25) is 0 Å². The molecule has 292 valence electrons.